The monoisotopic (exact) mass is 430 g/mol. The minimum Gasteiger partial charge on any atom is -0.266 e. The number of sulfonamides is 2. The van der Waals surface area contributed by atoms with Gasteiger partial charge in [-0.3, -0.25) is 4.31 Å². The van der Waals surface area contributed by atoms with Gasteiger partial charge in [-0.1, -0.05) is 6.07 Å². The van der Waals surface area contributed by atoms with Crippen molar-refractivity contribution in [3.63, 3.8) is 0 Å². The van der Waals surface area contributed by atoms with Gasteiger partial charge in [0.05, 0.1) is 20.4 Å². The highest BCUT2D eigenvalue weighted by Crippen LogP contribution is 2.35. The molecular formula is C16H18N2O6S3. The number of hydrogen-bond acceptors (Lipinski definition) is 6. The number of hydrogen-bond donors (Lipinski definition) is 1. The predicted octanol–water partition coefficient (Wildman–Crippen LogP) is 0.797. The van der Waals surface area contributed by atoms with Crippen molar-refractivity contribution in [2.24, 2.45) is 5.14 Å². The Morgan fingerprint density at radius 3 is 2.15 bits per heavy atom. The van der Waals surface area contributed by atoms with E-state index in [0.29, 0.717) is 23.2 Å². The molecular weight excluding hydrogens is 412 g/mol. The number of sulfone groups is 1. The molecule has 0 bridgehead atoms. The molecule has 0 saturated carbocycles. The van der Waals surface area contributed by atoms with E-state index in [1.54, 1.807) is 6.92 Å². The summed E-state index contributed by atoms with van der Waals surface area (Å²) < 4.78 is 74.1. The Kier molecular flexibility index (Phi) is 4.62. The summed E-state index contributed by atoms with van der Waals surface area (Å²) in [5.41, 5.74) is 1.31. The maximum atomic E-state index is 13.2. The minimum absolute atomic E-state index is 0.0873. The average Bonchev–Trinajstić information content (AvgIpc) is 2.97. The first-order valence-electron chi connectivity index (χ1n) is 7.81. The third-order valence-electron chi connectivity index (χ3n) is 4.39. The number of nitrogens with two attached hydrogens (primary N) is 1. The van der Waals surface area contributed by atoms with E-state index in [1.807, 2.05) is 0 Å². The van der Waals surface area contributed by atoms with Crippen LogP contribution in [0.15, 0.2) is 51.1 Å². The van der Waals surface area contributed by atoms with Crippen LogP contribution < -0.4 is 9.44 Å². The smallest absolute Gasteiger partial charge is 0.264 e. The molecule has 1 heterocycles. The lowest BCUT2D eigenvalue weighted by Crippen LogP contribution is -2.29. The maximum absolute atomic E-state index is 13.2. The second kappa shape index (κ2) is 6.30. The molecule has 0 aliphatic carbocycles. The van der Waals surface area contributed by atoms with E-state index in [0.717, 1.165) is 16.6 Å². The average molecular weight is 431 g/mol. The fourth-order valence-electron chi connectivity index (χ4n) is 2.98. The van der Waals surface area contributed by atoms with Crippen molar-refractivity contribution >= 4 is 35.6 Å². The first kappa shape index (κ1) is 19.8. The van der Waals surface area contributed by atoms with Gasteiger partial charge in [-0.2, -0.15) is 0 Å². The number of benzene rings is 2. The molecule has 0 unspecified atom stereocenters. The third-order valence-corrected chi connectivity index (χ3v) is 8.36. The summed E-state index contributed by atoms with van der Waals surface area (Å²) in [5, 5.41) is 5.12. The van der Waals surface area contributed by atoms with Gasteiger partial charge < -0.3 is 0 Å². The normalized spacial score (nSPS) is 15.0. The van der Waals surface area contributed by atoms with Crippen molar-refractivity contribution in [3.05, 3.63) is 47.5 Å². The van der Waals surface area contributed by atoms with E-state index < -0.39 is 29.9 Å². The Bertz CT molecular complexity index is 1250. The van der Waals surface area contributed by atoms with Crippen molar-refractivity contribution in [2.75, 3.05) is 17.1 Å². The fourth-order valence-corrected chi connectivity index (χ4v) is 6.03. The molecule has 0 amide bonds. The molecule has 0 atom stereocenters. The van der Waals surface area contributed by atoms with Crippen molar-refractivity contribution in [1.29, 1.82) is 0 Å². The lowest BCUT2D eigenvalue weighted by molar-refractivity contribution is 0.590. The summed E-state index contributed by atoms with van der Waals surface area (Å²) in [5.74, 6) is 0. The first-order chi connectivity index (χ1) is 12.3. The van der Waals surface area contributed by atoms with Crippen LogP contribution in [0.4, 0.5) is 5.69 Å². The van der Waals surface area contributed by atoms with Crippen LogP contribution in [-0.4, -0.2) is 38.1 Å². The predicted molar refractivity (Wildman–Crippen MR) is 100 cm³/mol. The SMILES string of the molecule is Cc1ccc(S(C)(=O)=O)cc1S(=O)(=O)N1CCc2cc(S(N)(=O)=O)ccc21. The zero-order chi connectivity index (χ0) is 20.2. The maximum Gasteiger partial charge on any atom is 0.264 e. The molecule has 27 heavy (non-hydrogen) atoms. The van der Waals surface area contributed by atoms with Crippen LogP contribution in [0.25, 0.3) is 0 Å². The van der Waals surface area contributed by atoms with E-state index in [1.165, 1.54) is 30.3 Å². The number of nitrogens with zero attached hydrogens (tertiary/aromatic N) is 1. The number of primary sulfonamides is 1. The first-order valence-corrected chi connectivity index (χ1v) is 12.7. The Morgan fingerprint density at radius 1 is 0.926 bits per heavy atom. The Morgan fingerprint density at radius 2 is 1.56 bits per heavy atom. The second-order valence-corrected chi connectivity index (χ2v) is 11.8. The van der Waals surface area contributed by atoms with E-state index in [9.17, 15) is 25.3 Å². The van der Waals surface area contributed by atoms with Crippen molar-refractivity contribution in [1.82, 2.24) is 0 Å². The van der Waals surface area contributed by atoms with Gasteiger partial charge in [-0.25, -0.2) is 30.4 Å². The fraction of sp³-hybridized carbons (Fsp3) is 0.250. The standard InChI is InChI=1S/C16H18N2O6S3/c1-11-3-4-13(25(2,19)20)10-16(11)27(23,24)18-8-7-12-9-14(26(17,21)22)5-6-15(12)18/h3-6,9-10H,7-8H2,1-2H3,(H2,17,21,22). The zero-order valence-corrected chi connectivity index (χ0v) is 17.0. The minimum atomic E-state index is -4.03. The molecule has 11 heteroatoms. The van der Waals surface area contributed by atoms with Crippen LogP contribution in [0.5, 0.6) is 0 Å². The number of aryl methyl sites for hydroxylation is 1. The lowest BCUT2D eigenvalue weighted by Gasteiger charge is -2.21. The molecule has 0 saturated heterocycles. The van der Waals surface area contributed by atoms with Gasteiger partial charge in [-0.05, 0) is 54.8 Å². The molecule has 1 aliphatic rings. The molecule has 146 valence electrons. The van der Waals surface area contributed by atoms with Crippen LogP contribution >= 0.6 is 0 Å². The topological polar surface area (TPSA) is 132 Å². The van der Waals surface area contributed by atoms with Gasteiger partial charge in [-0.15, -0.1) is 0 Å². The van der Waals surface area contributed by atoms with Crippen LogP contribution in [0.2, 0.25) is 0 Å². The summed E-state index contributed by atoms with van der Waals surface area (Å²) >= 11 is 0. The van der Waals surface area contributed by atoms with E-state index in [4.69, 9.17) is 5.14 Å². The van der Waals surface area contributed by atoms with Crippen LogP contribution in [0.3, 0.4) is 0 Å². The molecule has 0 radical (unpaired) electrons. The van der Waals surface area contributed by atoms with Crippen LogP contribution in [0, 0.1) is 6.92 Å². The number of rotatable bonds is 4. The molecule has 8 nitrogen and oxygen atoms in total. The Hall–Kier alpha value is -1.95. The summed E-state index contributed by atoms with van der Waals surface area (Å²) in [7, 11) is -11.5. The Balaban J connectivity index is 2.12. The molecule has 0 fully saturated rings. The van der Waals surface area contributed by atoms with Crippen molar-refractivity contribution in [2.45, 2.75) is 28.0 Å². The lowest BCUT2D eigenvalue weighted by atomic mass is 10.2. The highest BCUT2D eigenvalue weighted by molar-refractivity contribution is 7.93. The number of anilines is 1. The second-order valence-electron chi connectivity index (χ2n) is 6.36. The number of fused-ring (bicyclic) bond motifs is 1. The molecule has 0 spiro atoms. The quantitative estimate of drug-likeness (QED) is 0.763. The summed E-state index contributed by atoms with van der Waals surface area (Å²) in [6.45, 7) is 1.70. The van der Waals surface area contributed by atoms with Crippen molar-refractivity contribution in [3.8, 4) is 0 Å². The van der Waals surface area contributed by atoms with E-state index in [-0.39, 0.29) is 21.2 Å². The molecule has 1 aliphatic heterocycles. The highest BCUT2D eigenvalue weighted by atomic mass is 32.2. The summed E-state index contributed by atoms with van der Waals surface area (Å²) in [6.07, 6.45) is 1.33. The zero-order valence-electron chi connectivity index (χ0n) is 14.6. The van der Waals surface area contributed by atoms with Crippen LogP contribution in [0.1, 0.15) is 11.1 Å². The highest BCUT2D eigenvalue weighted by Gasteiger charge is 2.33. The van der Waals surface area contributed by atoms with Crippen molar-refractivity contribution < 1.29 is 25.3 Å². The van der Waals surface area contributed by atoms with Gasteiger partial charge >= 0.3 is 0 Å². The molecule has 3 rings (SSSR count). The van der Waals surface area contributed by atoms with Gasteiger partial charge in [0.25, 0.3) is 10.0 Å². The third kappa shape index (κ3) is 3.59. The van der Waals surface area contributed by atoms with Gasteiger partial charge in [0.1, 0.15) is 0 Å². The summed E-state index contributed by atoms with van der Waals surface area (Å²) in [6, 6.07) is 7.97. The molecule has 0 aromatic heterocycles. The van der Waals surface area contributed by atoms with Crippen LogP contribution in [-0.2, 0) is 36.3 Å². The van der Waals surface area contributed by atoms with Gasteiger partial charge in [0.2, 0.25) is 10.0 Å². The summed E-state index contributed by atoms with van der Waals surface area (Å²) in [4.78, 5) is -0.278. The Labute approximate surface area is 158 Å². The van der Waals surface area contributed by atoms with Gasteiger partial charge in [0, 0.05) is 12.8 Å². The van der Waals surface area contributed by atoms with Gasteiger partial charge in [0.15, 0.2) is 9.84 Å². The largest absolute Gasteiger partial charge is 0.266 e. The molecule has 2 aromatic carbocycles. The molecule has 2 N–H and O–H groups in total. The van der Waals surface area contributed by atoms with E-state index in [2.05, 4.69) is 0 Å². The van der Waals surface area contributed by atoms with E-state index >= 15 is 0 Å². The molecule has 2 aromatic rings.